The summed E-state index contributed by atoms with van der Waals surface area (Å²) in [7, 11) is 0. The lowest BCUT2D eigenvalue weighted by molar-refractivity contribution is -0.122. The molecule has 0 radical (unpaired) electrons. The van der Waals surface area contributed by atoms with Crippen molar-refractivity contribution < 1.29 is 4.79 Å². The number of para-hydroxylation sites is 1. The minimum absolute atomic E-state index is 0.122. The molecule has 0 fully saturated rings. The summed E-state index contributed by atoms with van der Waals surface area (Å²) in [6.07, 6.45) is 1.62. The molecule has 0 bridgehead atoms. The van der Waals surface area contributed by atoms with Crippen molar-refractivity contribution in [1.29, 1.82) is 5.26 Å². The number of rotatable bonds is 5. The number of nitriles is 1. The maximum atomic E-state index is 12.5. The fraction of sp³-hybridized carbons (Fsp3) is 0.286. The number of carbonyl (C=O) groups excluding carboxylic acids is 1. The first-order valence-corrected chi connectivity index (χ1v) is 9.10. The van der Waals surface area contributed by atoms with Crippen LogP contribution in [0.15, 0.2) is 48.8 Å². The zero-order valence-corrected chi connectivity index (χ0v) is 16.3. The fourth-order valence-electron chi connectivity index (χ4n) is 2.98. The van der Waals surface area contributed by atoms with E-state index in [1.807, 2.05) is 57.2 Å². The maximum Gasteiger partial charge on any atom is 0.240 e. The maximum absolute atomic E-state index is 12.5. The number of carbonyl (C=O) groups is 1. The highest BCUT2D eigenvalue weighted by Gasteiger charge is 2.20. The van der Waals surface area contributed by atoms with Crippen LogP contribution in [0, 0.1) is 11.3 Å². The Morgan fingerprint density at radius 1 is 1.30 bits per heavy atom. The zero-order chi connectivity index (χ0) is 19.6. The van der Waals surface area contributed by atoms with E-state index < -0.39 is 5.41 Å². The van der Waals surface area contributed by atoms with E-state index in [1.54, 1.807) is 17.0 Å². The van der Waals surface area contributed by atoms with Gasteiger partial charge in [0.2, 0.25) is 5.91 Å². The Kier molecular flexibility index (Phi) is 5.20. The SMILES string of the molecule is C[C@H](NC(=O)Cn1cnc2cccc(Cl)c21)c1ccc(C(C)(C)C#N)cc1. The van der Waals surface area contributed by atoms with Crippen molar-refractivity contribution in [2.24, 2.45) is 0 Å². The quantitative estimate of drug-likeness (QED) is 0.714. The number of nitrogens with zero attached hydrogens (tertiary/aromatic N) is 3. The fourth-order valence-corrected chi connectivity index (χ4v) is 3.26. The topological polar surface area (TPSA) is 70.7 Å². The molecule has 1 atom stereocenters. The Morgan fingerprint density at radius 2 is 2.00 bits per heavy atom. The second-order valence-corrected chi connectivity index (χ2v) is 7.54. The van der Waals surface area contributed by atoms with E-state index in [4.69, 9.17) is 11.6 Å². The van der Waals surface area contributed by atoms with E-state index in [2.05, 4.69) is 16.4 Å². The van der Waals surface area contributed by atoms with Gasteiger partial charge in [-0.3, -0.25) is 4.79 Å². The summed E-state index contributed by atoms with van der Waals surface area (Å²) in [6, 6.07) is 15.4. The van der Waals surface area contributed by atoms with Crippen molar-refractivity contribution in [3.05, 3.63) is 64.9 Å². The molecule has 1 amide bonds. The molecule has 5 nitrogen and oxygen atoms in total. The normalized spacial score (nSPS) is 12.6. The Labute approximate surface area is 163 Å². The van der Waals surface area contributed by atoms with Gasteiger partial charge in [0, 0.05) is 0 Å². The Morgan fingerprint density at radius 3 is 2.67 bits per heavy atom. The number of aromatic nitrogens is 2. The number of amides is 1. The second kappa shape index (κ2) is 7.42. The average molecular weight is 381 g/mol. The third-order valence-electron chi connectivity index (χ3n) is 4.69. The molecule has 0 saturated heterocycles. The van der Waals surface area contributed by atoms with Crippen LogP contribution in [-0.4, -0.2) is 15.5 Å². The molecular weight excluding hydrogens is 360 g/mol. The van der Waals surface area contributed by atoms with Crippen LogP contribution in [0.3, 0.4) is 0 Å². The van der Waals surface area contributed by atoms with Crippen molar-refractivity contribution >= 4 is 28.5 Å². The van der Waals surface area contributed by atoms with Crippen LogP contribution in [0.1, 0.15) is 37.9 Å². The van der Waals surface area contributed by atoms with Gasteiger partial charge in [-0.1, -0.05) is 41.9 Å². The lowest BCUT2D eigenvalue weighted by Crippen LogP contribution is -2.30. The number of halogens is 1. The van der Waals surface area contributed by atoms with Gasteiger partial charge in [-0.15, -0.1) is 0 Å². The van der Waals surface area contributed by atoms with Crippen LogP contribution < -0.4 is 5.32 Å². The summed E-state index contributed by atoms with van der Waals surface area (Å²) < 4.78 is 1.75. The number of imidazole rings is 1. The third-order valence-corrected chi connectivity index (χ3v) is 5.00. The van der Waals surface area contributed by atoms with Crippen LogP contribution in [0.5, 0.6) is 0 Å². The number of benzene rings is 2. The second-order valence-electron chi connectivity index (χ2n) is 7.13. The Balaban J connectivity index is 1.70. The Hall–Kier alpha value is -2.84. The molecule has 1 N–H and O–H groups in total. The molecule has 1 aromatic heterocycles. The van der Waals surface area contributed by atoms with E-state index in [0.29, 0.717) is 5.02 Å². The van der Waals surface area contributed by atoms with Crippen LogP contribution in [0.2, 0.25) is 5.02 Å². The molecule has 138 valence electrons. The van der Waals surface area contributed by atoms with Crippen LogP contribution in [-0.2, 0) is 16.8 Å². The number of nitrogens with one attached hydrogen (secondary N) is 1. The molecule has 3 aromatic rings. The highest BCUT2D eigenvalue weighted by atomic mass is 35.5. The van der Waals surface area contributed by atoms with Gasteiger partial charge in [0.15, 0.2) is 0 Å². The summed E-state index contributed by atoms with van der Waals surface area (Å²) in [5.41, 5.74) is 2.91. The molecule has 0 unspecified atom stereocenters. The Bertz CT molecular complexity index is 1010. The van der Waals surface area contributed by atoms with Gasteiger partial charge in [0.05, 0.1) is 39.9 Å². The molecular formula is C21H21ClN4O. The predicted molar refractivity (Wildman–Crippen MR) is 106 cm³/mol. The number of fused-ring (bicyclic) bond motifs is 1. The van der Waals surface area contributed by atoms with Crippen LogP contribution >= 0.6 is 11.6 Å². The van der Waals surface area contributed by atoms with Gasteiger partial charge >= 0.3 is 0 Å². The molecule has 1 heterocycles. The zero-order valence-electron chi connectivity index (χ0n) is 15.5. The largest absolute Gasteiger partial charge is 0.348 e. The van der Waals surface area contributed by atoms with E-state index in [0.717, 1.165) is 22.2 Å². The van der Waals surface area contributed by atoms with Gasteiger partial charge in [0.25, 0.3) is 0 Å². The van der Waals surface area contributed by atoms with Crippen LogP contribution in [0.4, 0.5) is 0 Å². The summed E-state index contributed by atoms with van der Waals surface area (Å²) in [4.78, 5) is 16.8. The summed E-state index contributed by atoms with van der Waals surface area (Å²) in [5, 5.41) is 12.8. The molecule has 0 aliphatic carbocycles. The molecule has 0 saturated carbocycles. The molecule has 0 spiro atoms. The first-order chi connectivity index (χ1) is 12.8. The first kappa shape index (κ1) is 18.9. The summed E-state index contributed by atoms with van der Waals surface area (Å²) >= 11 is 6.24. The minimum atomic E-state index is -0.535. The lowest BCUT2D eigenvalue weighted by atomic mass is 9.85. The van der Waals surface area contributed by atoms with E-state index >= 15 is 0 Å². The molecule has 27 heavy (non-hydrogen) atoms. The van der Waals surface area contributed by atoms with Crippen LogP contribution in [0.25, 0.3) is 11.0 Å². The van der Waals surface area contributed by atoms with Crippen molar-refractivity contribution in [3.63, 3.8) is 0 Å². The van der Waals surface area contributed by atoms with E-state index in [-0.39, 0.29) is 18.5 Å². The van der Waals surface area contributed by atoms with Crippen molar-refractivity contribution in [2.75, 3.05) is 0 Å². The highest BCUT2D eigenvalue weighted by Crippen LogP contribution is 2.24. The van der Waals surface area contributed by atoms with Gasteiger partial charge in [-0.25, -0.2) is 4.98 Å². The average Bonchev–Trinajstić information content (AvgIpc) is 3.05. The van der Waals surface area contributed by atoms with E-state index in [9.17, 15) is 10.1 Å². The predicted octanol–water partition coefficient (Wildman–Crippen LogP) is 4.37. The van der Waals surface area contributed by atoms with Crippen molar-refractivity contribution in [3.8, 4) is 6.07 Å². The molecule has 0 aliphatic rings. The van der Waals surface area contributed by atoms with E-state index in [1.165, 1.54) is 0 Å². The standard InChI is InChI=1S/C21H21ClN4O/c1-14(15-7-9-16(10-8-15)21(2,3)12-23)25-19(27)11-26-13-24-18-6-4-5-17(22)20(18)26/h4-10,13-14H,11H2,1-3H3,(H,25,27)/t14-/m0/s1. The third kappa shape index (κ3) is 3.96. The van der Waals surface area contributed by atoms with Crippen molar-refractivity contribution in [2.45, 2.75) is 38.8 Å². The number of hydrogen-bond donors (Lipinski definition) is 1. The summed E-state index contributed by atoms with van der Waals surface area (Å²) in [5.74, 6) is -0.122. The lowest BCUT2D eigenvalue weighted by Gasteiger charge is -2.19. The smallest absolute Gasteiger partial charge is 0.240 e. The van der Waals surface area contributed by atoms with Gasteiger partial charge in [-0.2, -0.15) is 5.26 Å². The number of hydrogen-bond acceptors (Lipinski definition) is 3. The van der Waals surface area contributed by atoms with Gasteiger partial charge in [-0.05, 0) is 44.0 Å². The van der Waals surface area contributed by atoms with Gasteiger partial charge < -0.3 is 9.88 Å². The summed E-state index contributed by atoms with van der Waals surface area (Å²) in [6.45, 7) is 5.84. The molecule has 2 aromatic carbocycles. The van der Waals surface area contributed by atoms with Gasteiger partial charge in [0.1, 0.15) is 6.54 Å². The molecule has 0 aliphatic heterocycles. The molecule has 6 heteroatoms. The van der Waals surface area contributed by atoms with Crippen molar-refractivity contribution in [1.82, 2.24) is 14.9 Å². The monoisotopic (exact) mass is 380 g/mol. The first-order valence-electron chi connectivity index (χ1n) is 8.72. The molecule has 3 rings (SSSR count). The minimum Gasteiger partial charge on any atom is -0.348 e. The highest BCUT2D eigenvalue weighted by molar-refractivity contribution is 6.35.